The van der Waals surface area contributed by atoms with Crippen molar-refractivity contribution in [2.24, 2.45) is 0 Å². The zero-order valence-electron chi connectivity index (χ0n) is 12.6. The van der Waals surface area contributed by atoms with E-state index in [0.29, 0.717) is 0 Å². The molecule has 0 heterocycles. The summed E-state index contributed by atoms with van der Waals surface area (Å²) in [6.07, 6.45) is 6.36. The minimum atomic E-state index is 0.821. The zero-order valence-corrected chi connectivity index (χ0v) is 14.2. The Kier molecular flexibility index (Phi) is 6.81. The smallest absolute Gasteiger partial charge is 0.119 e. The fourth-order valence-electron chi connectivity index (χ4n) is 2.28. The summed E-state index contributed by atoms with van der Waals surface area (Å²) in [7, 11) is 0. The lowest BCUT2D eigenvalue weighted by molar-refractivity contribution is 0.304. The van der Waals surface area contributed by atoms with Crippen molar-refractivity contribution in [3.63, 3.8) is 0 Å². The van der Waals surface area contributed by atoms with Gasteiger partial charge in [-0.15, -0.1) is 0 Å². The third kappa shape index (κ3) is 5.55. The highest BCUT2D eigenvalue weighted by Gasteiger charge is 1.99. The van der Waals surface area contributed by atoms with Crippen molar-refractivity contribution in [1.29, 1.82) is 0 Å². The third-order valence-corrected chi connectivity index (χ3v) is 4.08. The highest BCUT2D eigenvalue weighted by molar-refractivity contribution is 9.10. The van der Waals surface area contributed by atoms with E-state index in [9.17, 15) is 0 Å². The largest absolute Gasteiger partial charge is 0.494 e. The number of ether oxygens (including phenoxy) is 1. The lowest BCUT2D eigenvalue weighted by atomic mass is 10.1. The fourth-order valence-corrected chi connectivity index (χ4v) is 2.55. The molecule has 0 aliphatic rings. The first kappa shape index (κ1) is 16.1. The molecule has 0 radical (unpaired) electrons. The Balaban J connectivity index is 1.80. The van der Waals surface area contributed by atoms with Crippen molar-refractivity contribution in [1.82, 2.24) is 0 Å². The Labute approximate surface area is 136 Å². The van der Waals surface area contributed by atoms with E-state index in [1.807, 2.05) is 0 Å². The van der Waals surface area contributed by atoms with Crippen LogP contribution in [-0.2, 0) is 0 Å². The van der Waals surface area contributed by atoms with E-state index >= 15 is 0 Å². The fraction of sp³-hybridized carbons (Fsp3) is 0.368. The number of halogens is 1. The molecular formula is C19H23BrO. The molecule has 1 nitrogen and oxygen atoms in total. The predicted molar refractivity (Wildman–Crippen MR) is 93.8 cm³/mol. The van der Waals surface area contributed by atoms with Gasteiger partial charge >= 0.3 is 0 Å². The van der Waals surface area contributed by atoms with Gasteiger partial charge in [0.05, 0.1) is 6.61 Å². The molecule has 0 unspecified atom stereocenters. The number of benzene rings is 2. The Morgan fingerprint density at radius 2 is 1.33 bits per heavy atom. The van der Waals surface area contributed by atoms with Gasteiger partial charge in [-0.25, -0.2) is 0 Å². The quantitative estimate of drug-likeness (QED) is 0.498. The molecule has 0 aromatic heterocycles. The second-order valence-corrected chi connectivity index (χ2v) is 6.21. The maximum atomic E-state index is 5.79. The summed E-state index contributed by atoms with van der Waals surface area (Å²) < 4.78 is 6.89. The molecule has 0 saturated heterocycles. The number of hydrogen-bond donors (Lipinski definition) is 0. The van der Waals surface area contributed by atoms with E-state index in [2.05, 4.69) is 71.4 Å². The van der Waals surface area contributed by atoms with Crippen LogP contribution in [0.4, 0.5) is 0 Å². The molecule has 0 spiro atoms. The first-order chi connectivity index (χ1) is 10.3. The molecule has 2 aromatic rings. The predicted octanol–water partition coefficient (Wildman–Crippen LogP) is 6.47. The Hall–Kier alpha value is -1.28. The molecule has 0 N–H and O–H groups in total. The first-order valence-corrected chi connectivity index (χ1v) is 8.57. The van der Waals surface area contributed by atoms with Crippen LogP contribution in [-0.4, -0.2) is 6.61 Å². The minimum Gasteiger partial charge on any atom is -0.494 e. The number of rotatable bonds is 8. The van der Waals surface area contributed by atoms with Gasteiger partial charge in [0.15, 0.2) is 0 Å². The lowest BCUT2D eigenvalue weighted by Crippen LogP contribution is -1.97. The first-order valence-electron chi connectivity index (χ1n) is 7.78. The second kappa shape index (κ2) is 8.89. The Morgan fingerprint density at radius 3 is 1.95 bits per heavy atom. The molecule has 0 atom stereocenters. The SMILES string of the molecule is CCCCCCCOc1ccc(-c2ccc(Br)cc2)cc1. The van der Waals surface area contributed by atoms with Crippen molar-refractivity contribution >= 4 is 15.9 Å². The third-order valence-electron chi connectivity index (χ3n) is 3.55. The summed E-state index contributed by atoms with van der Waals surface area (Å²) in [4.78, 5) is 0. The van der Waals surface area contributed by atoms with Gasteiger partial charge < -0.3 is 4.74 Å². The molecule has 2 aromatic carbocycles. The maximum Gasteiger partial charge on any atom is 0.119 e. The highest BCUT2D eigenvalue weighted by atomic mass is 79.9. The van der Waals surface area contributed by atoms with Gasteiger partial charge in [0.1, 0.15) is 5.75 Å². The van der Waals surface area contributed by atoms with Crippen LogP contribution >= 0.6 is 15.9 Å². The van der Waals surface area contributed by atoms with Crippen molar-refractivity contribution < 1.29 is 4.74 Å². The summed E-state index contributed by atoms with van der Waals surface area (Å²) >= 11 is 3.46. The maximum absolute atomic E-state index is 5.79. The van der Waals surface area contributed by atoms with Gasteiger partial charge in [-0.3, -0.25) is 0 Å². The van der Waals surface area contributed by atoms with Gasteiger partial charge in [-0.05, 0) is 41.8 Å². The molecule has 0 fully saturated rings. The standard InChI is InChI=1S/C19H23BrO/c1-2-3-4-5-6-15-21-19-13-9-17(10-14-19)16-7-11-18(20)12-8-16/h7-14H,2-6,15H2,1H3. The van der Waals surface area contributed by atoms with Crippen LogP contribution in [0.2, 0.25) is 0 Å². The van der Waals surface area contributed by atoms with Gasteiger partial charge in [-0.2, -0.15) is 0 Å². The topological polar surface area (TPSA) is 9.23 Å². The van der Waals surface area contributed by atoms with Crippen LogP contribution in [0.25, 0.3) is 11.1 Å². The molecule has 2 heteroatoms. The summed E-state index contributed by atoms with van der Waals surface area (Å²) in [6.45, 7) is 3.06. The molecule has 0 aliphatic heterocycles. The Bertz CT molecular complexity index is 516. The summed E-state index contributed by atoms with van der Waals surface area (Å²) in [5.74, 6) is 0.964. The molecule has 0 bridgehead atoms. The van der Waals surface area contributed by atoms with Gasteiger partial charge in [0.2, 0.25) is 0 Å². The second-order valence-electron chi connectivity index (χ2n) is 5.29. The lowest BCUT2D eigenvalue weighted by Gasteiger charge is -2.07. The van der Waals surface area contributed by atoms with Crippen molar-refractivity contribution in [2.45, 2.75) is 39.0 Å². The van der Waals surface area contributed by atoms with Gasteiger partial charge in [0.25, 0.3) is 0 Å². The molecule has 21 heavy (non-hydrogen) atoms. The normalized spacial score (nSPS) is 10.6. The van der Waals surface area contributed by atoms with Crippen LogP contribution in [0.1, 0.15) is 39.0 Å². The van der Waals surface area contributed by atoms with Crippen molar-refractivity contribution in [2.75, 3.05) is 6.61 Å². The van der Waals surface area contributed by atoms with E-state index in [1.54, 1.807) is 0 Å². The van der Waals surface area contributed by atoms with Crippen LogP contribution in [0.5, 0.6) is 5.75 Å². The average molecular weight is 347 g/mol. The van der Waals surface area contributed by atoms with E-state index in [0.717, 1.165) is 23.2 Å². The van der Waals surface area contributed by atoms with Crippen LogP contribution < -0.4 is 4.74 Å². The van der Waals surface area contributed by atoms with E-state index in [1.165, 1.54) is 36.8 Å². The average Bonchev–Trinajstić information content (AvgIpc) is 2.52. The summed E-state index contributed by atoms with van der Waals surface area (Å²) in [6, 6.07) is 16.7. The molecular weight excluding hydrogens is 324 g/mol. The molecule has 112 valence electrons. The monoisotopic (exact) mass is 346 g/mol. The molecule has 0 amide bonds. The molecule has 2 rings (SSSR count). The van der Waals surface area contributed by atoms with Crippen LogP contribution in [0, 0.1) is 0 Å². The molecule has 0 aliphatic carbocycles. The summed E-state index contributed by atoms with van der Waals surface area (Å²) in [5.41, 5.74) is 2.45. The van der Waals surface area contributed by atoms with Crippen molar-refractivity contribution in [3.8, 4) is 16.9 Å². The van der Waals surface area contributed by atoms with E-state index < -0.39 is 0 Å². The van der Waals surface area contributed by atoms with Crippen LogP contribution in [0.3, 0.4) is 0 Å². The van der Waals surface area contributed by atoms with Crippen molar-refractivity contribution in [3.05, 3.63) is 53.0 Å². The number of hydrogen-bond acceptors (Lipinski definition) is 1. The van der Waals surface area contributed by atoms with Crippen LogP contribution in [0.15, 0.2) is 53.0 Å². The van der Waals surface area contributed by atoms with E-state index in [-0.39, 0.29) is 0 Å². The highest BCUT2D eigenvalue weighted by Crippen LogP contribution is 2.24. The minimum absolute atomic E-state index is 0.821. The van der Waals surface area contributed by atoms with E-state index in [4.69, 9.17) is 4.74 Å². The zero-order chi connectivity index (χ0) is 14.9. The summed E-state index contributed by atoms with van der Waals surface area (Å²) in [5, 5.41) is 0. The number of unbranched alkanes of at least 4 members (excludes halogenated alkanes) is 4. The Morgan fingerprint density at radius 1 is 0.762 bits per heavy atom. The van der Waals surface area contributed by atoms with Gasteiger partial charge in [-0.1, -0.05) is 72.8 Å². The van der Waals surface area contributed by atoms with Gasteiger partial charge in [0, 0.05) is 4.47 Å². The molecule has 0 saturated carbocycles.